The standard InChI is InChI=1S/C6H9N5O2/c7-5(8)9-2-3-1-4(12)11-6(13)10-3/h1H,2H2,(H4,7,8,9)(H2,10,11,12,13). The quantitative estimate of drug-likeness (QED) is 0.307. The SMILES string of the molecule is NC(N)=NCc1cc(=O)[nH]c(=O)[nH]1. The zero-order valence-corrected chi connectivity index (χ0v) is 6.70. The number of nitrogens with two attached hydrogens (primary N) is 2. The predicted molar refractivity (Wildman–Crippen MR) is 47.2 cm³/mol. The number of guanidine groups is 1. The number of nitrogens with one attached hydrogen (secondary N) is 2. The molecule has 0 saturated carbocycles. The van der Waals surface area contributed by atoms with E-state index in [1.54, 1.807) is 0 Å². The molecule has 13 heavy (non-hydrogen) atoms. The van der Waals surface area contributed by atoms with Crippen molar-refractivity contribution in [3.8, 4) is 0 Å². The Morgan fingerprint density at radius 3 is 2.62 bits per heavy atom. The maximum atomic E-state index is 10.8. The molecular formula is C6H9N5O2. The highest BCUT2D eigenvalue weighted by molar-refractivity contribution is 5.75. The van der Waals surface area contributed by atoms with Crippen molar-refractivity contribution in [2.45, 2.75) is 6.54 Å². The Labute approximate surface area is 72.5 Å². The molecule has 0 aromatic carbocycles. The van der Waals surface area contributed by atoms with E-state index in [0.717, 1.165) is 0 Å². The van der Waals surface area contributed by atoms with Crippen LogP contribution in [0.4, 0.5) is 0 Å². The fourth-order valence-electron chi connectivity index (χ4n) is 0.781. The van der Waals surface area contributed by atoms with Crippen LogP contribution in [0.1, 0.15) is 5.69 Å². The van der Waals surface area contributed by atoms with E-state index in [4.69, 9.17) is 11.5 Å². The number of hydrogen-bond donors (Lipinski definition) is 4. The van der Waals surface area contributed by atoms with Gasteiger partial charge in [-0.1, -0.05) is 0 Å². The molecule has 0 saturated heterocycles. The zero-order valence-electron chi connectivity index (χ0n) is 6.70. The average Bonchev–Trinajstić information content (AvgIpc) is 1.99. The maximum absolute atomic E-state index is 10.8. The topological polar surface area (TPSA) is 130 Å². The van der Waals surface area contributed by atoms with Gasteiger partial charge in [0.2, 0.25) is 0 Å². The minimum atomic E-state index is -0.576. The predicted octanol–water partition coefficient (Wildman–Crippen LogP) is -2.16. The molecule has 7 nitrogen and oxygen atoms in total. The molecule has 0 unspecified atom stereocenters. The Bertz CT molecular complexity index is 397. The monoisotopic (exact) mass is 183 g/mol. The first-order valence-corrected chi connectivity index (χ1v) is 3.46. The van der Waals surface area contributed by atoms with Crippen molar-refractivity contribution < 1.29 is 0 Å². The molecule has 1 rings (SSSR count). The Morgan fingerprint density at radius 1 is 1.38 bits per heavy atom. The molecule has 0 aliphatic rings. The summed E-state index contributed by atoms with van der Waals surface area (Å²) < 4.78 is 0. The van der Waals surface area contributed by atoms with Crippen LogP contribution in [-0.2, 0) is 6.54 Å². The Hall–Kier alpha value is -2.05. The minimum absolute atomic E-state index is 0.0848. The van der Waals surface area contributed by atoms with E-state index in [-0.39, 0.29) is 12.5 Å². The summed E-state index contributed by atoms with van der Waals surface area (Å²) in [7, 11) is 0. The summed E-state index contributed by atoms with van der Waals surface area (Å²) in [5.41, 5.74) is 9.44. The summed E-state index contributed by atoms with van der Waals surface area (Å²) in [6.07, 6.45) is 0. The summed E-state index contributed by atoms with van der Waals surface area (Å²) in [5, 5.41) is 0. The first kappa shape index (κ1) is 9.04. The van der Waals surface area contributed by atoms with Gasteiger partial charge in [0.05, 0.1) is 6.54 Å². The second-order valence-corrected chi connectivity index (χ2v) is 2.35. The highest BCUT2D eigenvalue weighted by Gasteiger charge is 1.94. The minimum Gasteiger partial charge on any atom is -0.370 e. The van der Waals surface area contributed by atoms with Crippen LogP contribution in [0.25, 0.3) is 0 Å². The van der Waals surface area contributed by atoms with Crippen molar-refractivity contribution >= 4 is 5.96 Å². The molecule has 0 spiro atoms. The summed E-state index contributed by atoms with van der Waals surface area (Å²) in [6.45, 7) is 0.0848. The highest BCUT2D eigenvalue weighted by atomic mass is 16.2. The Morgan fingerprint density at radius 2 is 2.08 bits per heavy atom. The van der Waals surface area contributed by atoms with Gasteiger partial charge in [-0.25, -0.2) is 9.79 Å². The van der Waals surface area contributed by atoms with Gasteiger partial charge in [-0.3, -0.25) is 9.78 Å². The smallest absolute Gasteiger partial charge is 0.325 e. The van der Waals surface area contributed by atoms with Crippen molar-refractivity contribution in [3.63, 3.8) is 0 Å². The highest BCUT2D eigenvalue weighted by Crippen LogP contribution is 1.87. The van der Waals surface area contributed by atoms with Gasteiger partial charge < -0.3 is 16.5 Å². The average molecular weight is 183 g/mol. The van der Waals surface area contributed by atoms with Crippen LogP contribution in [0.3, 0.4) is 0 Å². The van der Waals surface area contributed by atoms with Crippen LogP contribution in [0.5, 0.6) is 0 Å². The van der Waals surface area contributed by atoms with E-state index in [9.17, 15) is 9.59 Å². The van der Waals surface area contributed by atoms with Gasteiger partial charge in [0, 0.05) is 11.8 Å². The van der Waals surface area contributed by atoms with Gasteiger partial charge >= 0.3 is 5.69 Å². The van der Waals surface area contributed by atoms with Gasteiger partial charge in [-0.2, -0.15) is 0 Å². The number of H-pyrrole nitrogens is 2. The van der Waals surface area contributed by atoms with Crippen molar-refractivity contribution in [3.05, 3.63) is 32.6 Å². The molecule has 0 atom stereocenters. The fourth-order valence-corrected chi connectivity index (χ4v) is 0.781. The third-order valence-electron chi connectivity index (χ3n) is 1.25. The summed E-state index contributed by atoms with van der Waals surface area (Å²) in [6, 6.07) is 1.22. The molecule has 0 fully saturated rings. The molecule has 0 amide bonds. The molecule has 7 heteroatoms. The first-order chi connectivity index (χ1) is 6.08. The van der Waals surface area contributed by atoms with Crippen molar-refractivity contribution in [2.75, 3.05) is 0 Å². The zero-order chi connectivity index (χ0) is 9.84. The van der Waals surface area contributed by atoms with E-state index in [0.29, 0.717) is 5.69 Å². The summed E-state index contributed by atoms with van der Waals surface area (Å²) in [5.74, 6) is -0.0962. The summed E-state index contributed by atoms with van der Waals surface area (Å²) in [4.78, 5) is 29.5. The molecule has 0 radical (unpaired) electrons. The lowest BCUT2D eigenvalue weighted by Gasteiger charge is -1.94. The van der Waals surface area contributed by atoms with Gasteiger partial charge in [0.15, 0.2) is 5.96 Å². The van der Waals surface area contributed by atoms with Gasteiger partial charge in [0.1, 0.15) is 0 Å². The van der Waals surface area contributed by atoms with Crippen LogP contribution in [-0.4, -0.2) is 15.9 Å². The first-order valence-electron chi connectivity index (χ1n) is 3.46. The number of aromatic nitrogens is 2. The molecule has 1 aromatic rings. The van der Waals surface area contributed by atoms with E-state index < -0.39 is 11.2 Å². The van der Waals surface area contributed by atoms with E-state index >= 15 is 0 Å². The molecule has 70 valence electrons. The number of hydrogen-bond acceptors (Lipinski definition) is 3. The molecule has 1 heterocycles. The number of nitrogens with zero attached hydrogens (tertiary/aromatic N) is 1. The molecule has 0 aliphatic heterocycles. The number of aromatic amines is 2. The van der Waals surface area contributed by atoms with Gasteiger partial charge in [0.25, 0.3) is 5.56 Å². The molecule has 0 aliphatic carbocycles. The van der Waals surface area contributed by atoms with Crippen molar-refractivity contribution in [2.24, 2.45) is 16.5 Å². The molecule has 0 bridgehead atoms. The second-order valence-electron chi connectivity index (χ2n) is 2.35. The van der Waals surface area contributed by atoms with Crippen LogP contribution >= 0.6 is 0 Å². The normalized spacial score (nSPS) is 9.54. The van der Waals surface area contributed by atoms with Crippen LogP contribution in [0, 0.1) is 0 Å². The lowest BCUT2D eigenvalue weighted by atomic mass is 10.4. The Kier molecular flexibility index (Phi) is 2.48. The largest absolute Gasteiger partial charge is 0.370 e. The van der Waals surface area contributed by atoms with E-state index in [1.165, 1.54) is 6.07 Å². The van der Waals surface area contributed by atoms with Crippen molar-refractivity contribution in [1.82, 2.24) is 9.97 Å². The third kappa shape index (κ3) is 2.81. The number of rotatable bonds is 2. The lowest BCUT2D eigenvalue weighted by molar-refractivity contribution is 0.911. The maximum Gasteiger partial charge on any atom is 0.325 e. The second kappa shape index (κ2) is 3.57. The molecule has 6 N–H and O–H groups in total. The summed E-state index contributed by atoms with van der Waals surface area (Å²) >= 11 is 0. The van der Waals surface area contributed by atoms with Crippen LogP contribution in [0.15, 0.2) is 20.6 Å². The van der Waals surface area contributed by atoms with E-state index in [2.05, 4.69) is 9.98 Å². The lowest BCUT2D eigenvalue weighted by Crippen LogP contribution is -2.25. The molecule has 1 aromatic heterocycles. The van der Waals surface area contributed by atoms with Crippen molar-refractivity contribution in [1.29, 1.82) is 0 Å². The van der Waals surface area contributed by atoms with E-state index in [1.807, 2.05) is 4.98 Å². The van der Waals surface area contributed by atoms with Crippen LogP contribution < -0.4 is 22.7 Å². The third-order valence-corrected chi connectivity index (χ3v) is 1.25. The fraction of sp³-hybridized carbons (Fsp3) is 0.167. The van der Waals surface area contributed by atoms with Crippen LogP contribution in [0.2, 0.25) is 0 Å². The van der Waals surface area contributed by atoms with Gasteiger partial charge in [-0.15, -0.1) is 0 Å². The van der Waals surface area contributed by atoms with Gasteiger partial charge in [-0.05, 0) is 0 Å². The Balaban J connectivity index is 2.97. The number of aliphatic imine (C=N–C) groups is 1. The molecular weight excluding hydrogens is 174 g/mol.